The minimum Gasteiger partial charge on any atom is -0.341 e. The second kappa shape index (κ2) is 6.37. The quantitative estimate of drug-likeness (QED) is 0.829. The third-order valence-electron chi connectivity index (χ3n) is 4.20. The van der Waals surface area contributed by atoms with Crippen molar-refractivity contribution in [1.29, 1.82) is 0 Å². The molecular weight excluding hydrogens is 343 g/mol. The zero-order valence-corrected chi connectivity index (χ0v) is 14.1. The Morgan fingerprint density at radius 3 is 2.61 bits per heavy atom. The van der Waals surface area contributed by atoms with Crippen molar-refractivity contribution in [3.8, 4) is 0 Å². The molecule has 3 rings (SSSR count). The van der Waals surface area contributed by atoms with Crippen molar-refractivity contribution < 1.29 is 17.6 Å². The molecular formula is C15H18ClFN2O3S. The molecule has 1 heterocycles. The van der Waals surface area contributed by atoms with Gasteiger partial charge >= 0.3 is 0 Å². The fourth-order valence-corrected chi connectivity index (χ4v) is 4.55. The third kappa shape index (κ3) is 3.51. The molecule has 1 saturated carbocycles. The van der Waals surface area contributed by atoms with Crippen molar-refractivity contribution in [3.05, 3.63) is 29.0 Å². The molecule has 0 aromatic heterocycles. The highest BCUT2D eigenvalue weighted by atomic mass is 35.5. The molecule has 1 aromatic carbocycles. The van der Waals surface area contributed by atoms with Gasteiger partial charge in [-0.25, -0.2) is 12.8 Å². The molecule has 8 heteroatoms. The second-order valence-corrected chi connectivity index (χ2v) is 8.27. The molecule has 23 heavy (non-hydrogen) atoms. The van der Waals surface area contributed by atoms with E-state index in [1.807, 2.05) is 0 Å². The molecule has 1 amide bonds. The molecule has 0 bridgehead atoms. The monoisotopic (exact) mass is 360 g/mol. The van der Waals surface area contributed by atoms with Gasteiger partial charge in [-0.2, -0.15) is 4.31 Å². The maximum Gasteiger partial charge on any atom is 0.246 e. The first-order valence-electron chi connectivity index (χ1n) is 7.63. The maximum absolute atomic E-state index is 13.9. The number of sulfonamides is 1. The predicted molar refractivity (Wildman–Crippen MR) is 84.1 cm³/mol. The molecule has 1 saturated heterocycles. The molecule has 1 aliphatic carbocycles. The number of rotatable bonds is 3. The van der Waals surface area contributed by atoms with Crippen molar-refractivity contribution in [2.75, 3.05) is 26.2 Å². The lowest BCUT2D eigenvalue weighted by molar-refractivity contribution is -0.132. The summed E-state index contributed by atoms with van der Waals surface area (Å²) in [6.07, 6.45) is 2.38. The highest BCUT2D eigenvalue weighted by molar-refractivity contribution is 7.89. The number of carbonyl (C=O) groups excluding carboxylic acids is 1. The Morgan fingerprint density at radius 2 is 1.91 bits per heavy atom. The van der Waals surface area contributed by atoms with Gasteiger partial charge in [0.25, 0.3) is 0 Å². The van der Waals surface area contributed by atoms with Crippen LogP contribution in [0.4, 0.5) is 4.39 Å². The summed E-state index contributed by atoms with van der Waals surface area (Å²) < 4.78 is 40.5. The molecule has 1 aliphatic heterocycles. The Labute approximate surface area is 140 Å². The fourth-order valence-electron chi connectivity index (χ4n) is 2.76. The van der Waals surface area contributed by atoms with Gasteiger partial charge in [0.1, 0.15) is 10.7 Å². The van der Waals surface area contributed by atoms with Crippen LogP contribution in [0.1, 0.15) is 19.3 Å². The van der Waals surface area contributed by atoms with Crippen LogP contribution in [0.15, 0.2) is 23.1 Å². The Hall–Kier alpha value is -1.18. The molecule has 126 valence electrons. The van der Waals surface area contributed by atoms with Crippen LogP contribution in [0, 0.1) is 11.7 Å². The average molecular weight is 361 g/mol. The Kier molecular flexibility index (Phi) is 4.62. The molecule has 2 fully saturated rings. The molecule has 0 unspecified atom stereocenters. The molecule has 0 atom stereocenters. The van der Waals surface area contributed by atoms with E-state index in [9.17, 15) is 17.6 Å². The first kappa shape index (κ1) is 16.7. The van der Waals surface area contributed by atoms with Gasteiger partial charge in [0, 0.05) is 37.1 Å². The van der Waals surface area contributed by atoms with E-state index < -0.39 is 20.7 Å². The summed E-state index contributed by atoms with van der Waals surface area (Å²) >= 11 is 5.80. The van der Waals surface area contributed by atoms with Crippen LogP contribution in [-0.4, -0.2) is 49.7 Å². The highest BCUT2D eigenvalue weighted by Crippen LogP contribution is 2.31. The van der Waals surface area contributed by atoms with Crippen LogP contribution < -0.4 is 0 Å². The summed E-state index contributed by atoms with van der Waals surface area (Å²) in [4.78, 5) is 13.4. The summed E-state index contributed by atoms with van der Waals surface area (Å²) in [5.41, 5.74) is 0. The summed E-state index contributed by atoms with van der Waals surface area (Å²) in [6.45, 7) is 1.33. The van der Waals surface area contributed by atoms with Gasteiger partial charge in [-0.15, -0.1) is 0 Å². The van der Waals surface area contributed by atoms with E-state index in [-0.39, 0.29) is 29.9 Å². The van der Waals surface area contributed by atoms with Crippen molar-refractivity contribution >= 4 is 27.5 Å². The van der Waals surface area contributed by atoms with E-state index in [0.29, 0.717) is 19.5 Å². The molecule has 0 N–H and O–H groups in total. The number of halogens is 2. The predicted octanol–water partition coefficient (Wildman–Crippen LogP) is 2.11. The van der Waals surface area contributed by atoms with Crippen LogP contribution in [0.3, 0.4) is 0 Å². The SMILES string of the molecule is O=C(C1CC1)N1CCCN(S(=O)(=O)c2cc(Cl)ccc2F)CC1. The van der Waals surface area contributed by atoms with E-state index in [1.54, 1.807) is 4.90 Å². The van der Waals surface area contributed by atoms with Crippen molar-refractivity contribution in [1.82, 2.24) is 9.21 Å². The Balaban J connectivity index is 1.78. The van der Waals surface area contributed by atoms with Gasteiger partial charge in [0.15, 0.2) is 0 Å². The highest BCUT2D eigenvalue weighted by Gasteiger charge is 2.35. The van der Waals surface area contributed by atoms with Gasteiger partial charge in [-0.3, -0.25) is 4.79 Å². The Bertz CT molecular complexity index is 721. The van der Waals surface area contributed by atoms with E-state index in [1.165, 1.54) is 10.4 Å². The van der Waals surface area contributed by atoms with Gasteiger partial charge in [-0.1, -0.05) is 11.6 Å². The second-order valence-electron chi connectivity index (χ2n) is 5.93. The van der Waals surface area contributed by atoms with Crippen LogP contribution in [0.5, 0.6) is 0 Å². The zero-order valence-electron chi connectivity index (χ0n) is 12.5. The molecule has 2 aliphatic rings. The molecule has 0 radical (unpaired) electrons. The maximum atomic E-state index is 13.9. The van der Waals surface area contributed by atoms with Crippen molar-refractivity contribution in [2.45, 2.75) is 24.2 Å². The molecule has 1 aromatic rings. The summed E-state index contributed by atoms with van der Waals surface area (Å²) in [7, 11) is -3.96. The lowest BCUT2D eigenvalue weighted by Crippen LogP contribution is -2.38. The number of benzene rings is 1. The lowest BCUT2D eigenvalue weighted by Gasteiger charge is -2.22. The summed E-state index contributed by atoms with van der Waals surface area (Å²) in [6, 6.07) is 3.49. The summed E-state index contributed by atoms with van der Waals surface area (Å²) in [5, 5.41) is 0.172. The first-order valence-corrected chi connectivity index (χ1v) is 9.45. The van der Waals surface area contributed by atoms with Crippen molar-refractivity contribution in [2.24, 2.45) is 5.92 Å². The Morgan fingerprint density at radius 1 is 1.17 bits per heavy atom. The van der Waals surface area contributed by atoms with Gasteiger partial charge in [-0.05, 0) is 37.5 Å². The number of nitrogens with zero attached hydrogens (tertiary/aromatic N) is 2. The summed E-state index contributed by atoms with van der Waals surface area (Å²) in [5.74, 6) is -0.591. The first-order chi connectivity index (χ1) is 10.9. The van der Waals surface area contributed by atoms with Crippen LogP contribution >= 0.6 is 11.6 Å². The number of hydrogen-bond acceptors (Lipinski definition) is 3. The van der Waals surface area contributed by atoms with Crippen LogP contribution in [0.25, 0.3) is 0 Å². The number of amides is 1. The zero-order chi connectivity index (χ0) is 16.6. The van der Waals surface area contributed by atoms with Crippen molar-refractivity contribution in [3.63, 3.8) is 0 Å². The van der Waals surface area contributed by atoms with Gasteiger partial charge in [0.05, 0.1) is 0 Å². The van der Waals surface area contributed by atoms with Crippen LogP contribution in [0.2, 0.25) is 5.02 Å². The fraction of sp³-hybridized carbons (Fsp3) is 0.533. The lowest BCUT2D eigenvalue weighted by atomic mass is 10.3. The smallest absolute Gasteiger partial charge is 0.246 e. The van der Waals surface area contributed by atoms with E-state index in [0.717, 1.165) is 25.0 Å². The van der Waals surface area contributed by atoms with E-state index >= 15 is 0 Å². The van der Waals surface area contributed by atoms with E-state index in [2.05, 4.69) is 0 Å². The normalized spacial score (nSPS) is 20.3. The topological polar surface area (TPSA) is 57.7 Å². The molecule has 0 spiro atoms. The number of hydrogen-bond donors (Lipinski definition) is 0. The van der Waals surface area contributed by atoms with E-state index in [4.69, 9.17) is 11.6 Å². The standard InChI is InChI=1S/C15H18ClFN2O3S/c16-12-4-5-13(17)14(10-12)23(21,22)19-7-1-6-18(8-9-19)15(20)11-2-3-11/h4-5,10-11H,1-3,6-9H2. The molecule has 5 nitrogen and oxygen atoms in total. The van der Waals surface area contributed by atoms with Crippen LogP contribution in [-0.2, 0) is 14.8 Å². The minimum absolute atomic E-state index is 0.109. The third-order valence-corrected chi connectivity index (χ3v) is 6.35. The van der Waals surface area contributed by atoms with Gasteiger partial charge in [0.2, 0.25) is 15.9 Å². The average Bonchev–Trinajstić information content (AvgIpc) is 3.35. The van der Waals surface area contributed by atoms with Gasteiger partial charge < -0.3 is 4.90 Å². The number of carbonyl (C=O) groups is 1. The minimum atomic E-state index is -3.96. The largest absolute Gasteiger partial charge is 0.341 e.